The SMILES string of the molecule is CC(CCCN)C(=O)NCC(C(C)C)N(C)C. The largest absolute Gasteiger partial charge is 0.354 e. The molecule has 0 saturated carbocycles. The molecule has 0 spiro atoms. The summed E-state index contributed by atoms with van der Waals surface area (Å²) >= 11 is 0. The van der Waals surface area contributed by atoms with Gasteiger partial charge in [0.15, 0.2) is 0 Å². The molecule has 3 N–H and O–H groups in total. The molecule has 0 aliphatic rings. The van der Waals surface area contributed by atoms with Crippen LogP contribution < -0.4 is 11.1 Å². The van der Waals surface area contributed by atoms with Crippen molar-refractivity contribution in [2.75, 3.05) is 27.2 Å². The first-order valence-electron chi connectivity index (χ1n) is 6.54. The van der Waals surface area contributed by atoms with Crippen LogP contribution in [0.5, 0.6) is 0 Å². The lowest BCUT2D eigenvalue weighted by Crippen LogP contribution is -2.44. The summed E-state index contributed by atoms with van der Waals surface area (Å²) in [6.45, 7) is 7.69. The summed E-state index contributed by atoms with van der Waals surface area (Å²) in [5.41, 5.74) is 5.44. The standard InChI is InChI=1S/C13H29N3O/c1-10(2)12(16(4)5)9-15-13(17)11(3)7-6-8-14/h10-12H,6-9,14H2,1-5H3,(H,15,17). The van der Waals surface area contributed by atoms with Crippen molar-refractivity contribution in [3.05, 3.63) is 0 Å². The van der Waals surface area contributed by atoms with Crippen molar-refractivity contribution in [3.63, 3.8) is 0 Å². The minimum atomic E-state index is 0.0634. The number of carbonyl (C=O) groups is 1. The molecule has 102 valence electrons. The quantitative estimate of drug-likeness (QED) is 0.670. The summed E-state index contributed by atoms with van der Waals surface area (Å²) in [5, 5.41) is 3.03. The van der Waals surface area contributed by atoms with Gasteiger partial charge < -0.3 is 16.0 Å². The van der Waals surface area contributed by atoms with E-state index in [0.29, 0.717) is 18.5 Å². The molecule has 2 atom stereocenters. The first kappa shape index (κ1) is 16.4. The fourth-order valence-electron chi connectivity index (χ4n) is 1.95. The van der Waals surface area contributed by atoms with Crippen molar-refractivity contribution >= 4 is 5.91 Å². The van der Waals surface area contributed by atoms with Crippen molar-refractivity contribution in [1.29, 1.82) is 0 Å². The molecule has 4 heteroatoms. The van der Waals surface area contributed by atoms with E-state index in [2.05, 4.69) is 38.2 Å². The van der Waals surface area contributed by atoms with E-state index in [0.717, 1.165) is 19.4 Å². The molecule has 0 bridgehead atoms. The van der Waals surface area contributed by atoms with Crippen LogP contribution in [0.4, 0.5) is 0 Å². The minimum absolute atomic E-state index is 0.0634. The van der Waals surface area contributed by atoms with Gasteiger partial charge in [0.05, 0.1) is 0 Å². The summed E-state index contributed by atoms with van der Waals surface area (Å²) < 4.78 is 0. The summed E-state index contributed by atoms with van der Waals surface area (Å²) in [6, 6.07) is 0.389. The fraction of sp³-hybridized carbons (Fsp3) is 0.923. The van der Waals surface area contributed by atoms with E-state index < -0.39 is 0 Å². The third kappa shape index (κ3) is 6.64. The maximum atomic E-state index is 11.8. The maximum Gasteiger partial charge on any atom is 0.222 e. The smallest absolute Gasteiger partial charge is 0.222 e. The summed E-state index contributed by atoms with van der Waals surface area (Å²) in [7, 11) is 4.10. The Morgan fingerprint density at radius 2 is 1.88 bits per heavy atom. The highest BCUT2D eigenvalue weighted by molar-refractivity contribution is 5.78. The molecular formula is C13H29N3O. The number of hydrogen-bond acceptors (Lipinski definition) is 3. The van der Waals surface area contributed by atoms with Crippen LogP contribution in [-0.4, -0.2) is 44.0 Å². The number of nitrogens with two attached hydrogens (primary N) is 1. The molecule has 0 fully saturated rings. The Bertz CT molecular complexity index is 209. The van der Waals surface area contributed by atoms with Crippen LogP contribution in [0.3, 0.4) is 0 Å². The Morgan fingerprint density at radius 1 is 1.29 bits per heavy atom. The van der Waals surface area contributed by atoms with Gasteiger partial charge in [-0.3, -0.25) is 4.79 Å². The van der Waals surface area contributed by atoms with Crippen molar-refractivity contribution < 1.29 is 4.79 Å². The molecule has 0 aromatic heterocycles. The number of amides is 1. The average molecular weight is 243 g/mol. The van der Waals surface area contributed by atoms with Crippen LogP contribution in [0.15, 0.2) is 0 Å². The minimum Gasteiger partial charge on any atom is -0.354 e. The lowest BCUT2D eigenvalue weighted by atomic mass is 10.0. The van der Waals surface area contributed by atoms with Crippen LogP contribution in [0.2, 0.25) is 0 Å². The van der Waals surface area contributed by atoms with Gasteiger partial charge in [-0.15, -0.1) is 0 Å². The predicted octanol–water partition coefficient (Wildman–Crippen LogP) is 1.06. The first-order chi connectivity index (χ1) is 7.90. The van der Waals surface area contributed by atoms with Gasteiger partial charge in [-0.1, -0.05) is 20.8 Å². The van der Waals surface area contributed by atoms with Crippen molar-refractivity contribution in [2.24, 2.45) is 17.6 Å². The van der Waals surface area contributed by atoms with Crippen LogP contribution in [0, 0.1) is 11.8 Å². The van der Waals surface area contributed by atoms with Crippen LogP contribution in [-0.2, 0) is 4.79 Å². The second-order valence-electron chi connectivity index (χ2n) is 5.35. The number of carbonyl (C=O) groups excluding carboxylic acids is 1. The van der Waals surface area contributed by atoms with E-state index >= 15 is 0 Å². The Labute approximate surface area is 106 Å². The van der Waals surface area contributed by atoms with E-state index in [1.165, 1.54) is 0 Å². The third-order valence-electron chi connectivity index (χ3n) is 3.21. The third-order valence-corrected chi connectivity index (χ3v) is 3.21. The summed E-state index contributed by atoms with van der Waals surface area (Å²) in [5.74, 6) is 0.740. The van der Waals surface area contributed by atoms with Crippen LogP contribution in [0.25, 0.3) is 0 Å². The number of nitrogens with zero attached hydrogens (tertiary/aromatic N) is 1. The van der Waals surface area contributed by atoms with Gasteiger partial charge in [-0.2, -0.15) is 0 Å². The topological polar surface area (TPSA) is 58.4 Å². The van der Waals surface area contributed by atoms with Gasteiger partial charge in [0.2, 0.25) is 5.91 Å². The van der Waals surface area contributed by atoms with Gasteiger partial charge in [-0.05, 0) is 39.4 Å². The number of nitrogens with one attached hydrogen (secondary N) is 1. The Balaban J connectivity index is 4.03. The summed E-state index contributed by atoms with van der Waals surface area (Å²) in [6.07, 6.45) is 1.78. The number of hydrogen-bond donors (Lipinski definition) is 2. The molecule has 0 aliphatic carbocycles. The average Bonchev–Trinajstić information content (AvgIpc) is 2.24. The summed E-state index contributed by atoms with van der Waals surface area (Å²) in [4.78, 5) is 14.0. The maximum absolute atomic E-state index is 11.8. The molecule has 17 heavy (non-hydrogen) atoms. The lowest BCUT2D eigenvalue weighted by molar-refractivity contribution is -0.125. The number of rotatable bonds is 8. The molecule has 0 heterocycles. The highest BCUT2D eigenvalue weighted by Crippen LogP contribution is 2.08. The molecule has 0 aliphatic heterocycles. The van der Waals surface area contributed by atoms with E-state index in [1.807, 2.05) is 6.92 Å². The van der Waals surface area contributed by atoms with Crippen molar-refractivity contribution in [1.82, 2.24) is 10.2 Å². The zero-order valence-corrected chi connectivity index (χ0v) is 12.0. The van der Waals surface area contributed by atoms with E-state index in [4.69, 9.17) is 5.73 Å². The highest BCUT2D eigenvalue weighted by atomic mass is 16.1. The fourth-order valence-corrected chi connectivity index (χ4v) is 1.95. The molecule has 0 aromatic rings. The van der Waals surface area contributed by atoms with Gasteiger partial charge >= 0.3 is 0 Å². The molecule has 2 unspecified atom stereocenters. The van der Waals surface area contributed by atoms with Gasteiger partial charge in [0.1, 0.15) is 0 Å². The predicted molar refractivity (Wildman–Crippen MR) is 72.8 cm³/mol. The molecule has 0 aromatic carbocycles. The highest BCUT2D eigenvalue weighted by Gasteiger charge is 2.18. The second kappa shape index (κ2) is 8.48. The Morgan fingerprint density at radius 3 is 2.29 bits per heavy atom. The zero-order valence-electron chi connectivity index (χ0n) is 12.0. The molecular weight excluding hydrogens is 214 g/mol. The Hall–Kier alpha value is -0.610. The zero-order chi connectivity index (χ0) is 13.4. The Kier molecular flexibility index (Phi) is 8.17. The second-order valence-corrected chi connectivity index (χ2v) is 5.35. The van der Waals surface area contributed by atoms with Crippen LogP contribution in [0.1, 0.15) is 33.6 Å². The molecule has 0 saturated heterocycles. The van der Waals surface area contributed by atoms with Gasteiger partial charge in [0, 0.05) is 18.5 Å². The number of likely N-dealkylation sites (N-methyl/N-ethyl adjacent to an activating group) is 1. The van der Waals surface area contributed by atoms with Crippen molar-refractivity contribution in [3.8, 4) is 0 Å². The van der Waals surface area contributed by atoms with E-state index in [-0.39, 0.29) is 11.8 Å². The van der Waals surface area contributed by atoms with Crippen LogP contribution >= 0.6 is 0 Å². The molecule has 0 rings (SSSR count). The van der Waals surface area contributed by atoms with Crippen molar-refractivity contribution in [2.45, 2.75) is 39.7 Å². The normalized spacial score (nSPS) is 15.1. The van der Waals surface area contributed by atoms with Gasteiger partial charge in [0.25, 0.3) is 0 Å². The van der Waals surface area contributed by atoms with E-state index in [1.54, 1.807) is 0 Å². The monoisotopic (exact) mass is 243 g/mol. The lowest BCUT2D eigenvalue weighted by Gasteiger charge is -2.28. The van der Waals surface area contributed by atoms with E-state index in [9.17, 15) is 4.79 Å². The molecule has 1 amide bonds. The molecule has 4 nitrogen and oxygen atoms in total. The molecule has 0 radical (unpaired) electrons. The first-order valence-corrected chi connectivity index (χ1v) is 6.54. The van der Waals surface area contributed by atoms with Gasteiger partial charge in [-0.25, -0.2) is 0 Å².